The molecule has 1 amide bonds. The lowest BCUT2D eigenvalue weighted by molar-refractivity contribution is -0.140. The van der Waals surface area contributed by atoms with Gasteiger partial charge in [0.25, 0.3) is 0 Å². The Labute approximate surface area is 174 Å². The molecular weight excluding hydrogens is 393 g/mol. The number of allylic oxidation sites excluding steroid dienone is 1. The largest absolute Gasteiger partial charge is 0.463 e. The van der Waals surface area contributed by atoms with Crippen molar-refractivity contribution in [2.45, 2.75) is 39.2 Å². The van der Waals surface area contributed by atoms with Crippen LogP contribution in [0.5, 0.6) is 0 Å². The van der Waals surface area contributed by atoms with Gasteiger partial charge in [-0.25, -0.2) is 9.18 Å². The third kappa shape index (κ3) is 4.35. The van der Waals surface area contributed by atoms with Crippen molar-refractivity contribution in [1.82, 2.24) is 4.90 Å². The molecule has 1 aliphatic heterocycles. The normalized spacial score (nSPS) is 16.9. The third-order valence-corrected chi connectivity index (χ3v) is 5.41. The monoisotopic (exact) mass is 415 g/mol. The van der Waals surface area contributed by atoms with Gasteiger partial charge in [0.1, 0.15) is 5.82 Å². The molecule has 0 radical (unpaired) electrons. The number of benzene rings is 2. The van der Waals surface area contributed by atoms with Crippen molar-refractivity contribution >= 4 is 23.5 Å². The van der Waals surface area contributed by atoms with Gasteiger partial charge >= 0.3 is 5.97 Å². The Morgan fingerprint density at radius 1 is 1.17 bits per heavy atom. The summed E-state index contributed by atoms with van der Waals surface area (Å²) in [6.45, 7) is 3.88. The van der Waals surface area contributed by atoms with Crippen LogP contribution in [0.4, 0.5) is 4.39 Å². The van der Waals surface area contributed by atoms with Crippen LogP contribution in [0.2, 0.25) is 5.02 Å². The fourth-order valence-corrected chi connectivity index (χ4v) is 4.01. The first-order valence-corrected chi connectivity index (χ1v) is 10.0. The molecule has 152 valence electrons. The SMILES string of the molecule is CCOC(=O)C1=C(CC)N(Cc2ccccc2F)C(=O)C[C@H]1c1ccccc1Cl. The van der Waals surface area contributed by atoms with E-state index in [0.717, 1.165) is 0 Å². The molecule has 0 bridgehead atoms. The Hall–Kier alpha value is -2.66. The number of carbonyl (C=O) groups is 2. The van der Waals surface area contributed by atoms with Crippen LogP contribution in [0.3, 0.4) is 0 Å². The molecule has 2 aromatic rings. The Kier molecular flexibility index (Phi) is 6.70. The van der Waals surface area contributed by atoms with Gasteiger partial charge in [-0.2, -0.15) is 0 Å². The number of rotatable bonds is 6. The lowest BCUT2D eigenvalue weighted by Crippen LogP contribution is -2.39. The second-order valence-corrected chi connectivity index (χ2v) is 7.19. The summed E-state index contributed by atoms with van der Waals surface area (Å²) in [5.41, 5.74) is 2.07. The van der Waals surface area contributed by atoms with E-state index in [1.807, 2.05) is 19.1 Å². The van der Waals surface area contributed by atoms with Gasteiger partial charge in [-0.3, -0.25) is 4.79 Å². The number of esters is 1. The summed E-state index contributed by atoms with van der Waals surface area (Å²) in [5, 5.41) is 0.491. The minimum atomic E-state index is -0.498. The first-order chi connectivity index (χ1) is 14.0. The summed E-state index contributed by atoms with van der Waals surface area (Å²) >= 11 is 6.38. The van der Waals surface area contributed by atoms with Crippen LogP contribution in [0.15, 0.2) is 59.8 Å². The van der Waals surface area contributed by atoms with Gasteiger partial charge in [-0.05, 0) is 31.0 Å². The van der Waals surface area contributed by atoms with Gasteiger partial charge in [0, 0.05) is 28.6 Å². The molecule has 0 aromatic heterocycles. The van der Waals surface area contributed by atoms with Gasteiger partial charge in [-0.1, -0.05) is 54.9 Å². The van der Waals surface area contributed by atoms with Crippen LogP contribution in [0.1, 0.15) is 43.7 Å². The average molecular weight is 416 g/mol. The van der Waals surface area contributed by atoms with Gasteiger partial charge < -0.3 is 9.64 Å². The third-order valence-electron chi connectivity index (χ3n) is 5.06. The minimum absolute atomic E-state index is 0.0623. The highest BCUT2D eigenvalue weighted by Gasteiger charge is 2.38. The molecule has 1 atom stereocenters. The maximum Gasteiger partial charge on any atom is 0.336 e. The Bertz CT molecular complexity index is 957. The van der Waals surface area contributed by atoms with Crippen molar-refractivity contribution in [3.63, 3.8) is 0 Å². The predicted molar refractivity (Wildman–Crippen MR) is 110 cm³/mol. The first kappa shape index (κ1) is 21.1. The quantitative estimate of drug-likeness (QED) is 0.607. The molecule has 0 saturated carbocycles. The van der Waals surface area contributed by atoms with Crippen molar-refractivity contribution in [3.05, 3.63) is 81.8 Å². The van der Waals surface area contributed by atoms with Crippen molar-refractivity contribution in [3.8, 4) is 0 Å². The lowest BCUT2D eigenvalue weighted by Gasteiger charge is -2.36. The first-order valence-electron chi connectivity index (χ1n) is 9.66. The fourth-order valence-electron chi connectivity index (χ4n) is 3.74. The number of amides is 1. The number of nitrogens with zero attached hydrogens (tertiary/aromatic N) is 1. The number of ether oxygens (including phenoxy) is 1. The molecule has 0 fully saturated rings. The standard InChI is InChI=1S/C23H23ClFNO3/c1-3-20-22(23(28)29-4-2)17(16-10-6-7-11-18(16)24)13-21(27)26(20)14-15-9-5-8-12-19(15)25/h5-12,17H,3-4,13-14H2,1-2H3/t17-/m0/s1. The number of hydrogen-bond donors (Lipinski definition) is 0. The summed E-state index contributed by atoms with van der Waals surface area (Å²) < 4.78 is 19.5. The van der Waals surface area contributed by atoms with Crippen LogP contribution in [0, 0.1) is 5.82 Å². The maximum absolute atomic E-state index is 14.2. The van der Waals surface area contributed by atoms with E-state index in [-0.39, 0.29) is 31.3 Å². The van der Waals surface area contributed by atoms with Crippen molar-refractivity contribution in [2.24, 2.45) is 0 Å². The molecular formula is C23H23ClFNO3. The molecule has 2 aromatic carbocycles. The van der Waals surface area contributed by atoms with Crippen molar-refractivity contribution < 1.29 is 18.7 Å². The summed E-state index contributed by atoms with van der Waals surface area (Å²) in [7, 11) is 0. The van der Waals surface area contributed by atoms with Crippen LogP contribution >= 0.6 is 11.6 Å². The zero-order valence-corrected chi connectivity index (χ0v) is 17.2. The molecule has 0 unspecified atom stereocenters. The van der Waals surface area contributed by atoms with Crippen LogP contribution in [0.25, 0.3) is 0 Å². The molecule has 0 N–H and O–H groups in total. The Morgan fingerprint density at radius 3 is 2.52 bits per heavy atom. The number of hydrogen-bond acceptors (Lipinski definition) is 3. The second-order valence-electron chi connectivity index (χ2n) is 6.78. The zero-order valence-electron chi connectivity index (χ0n) is 16.5. The van der Waals surface area contributed by atoms with E-state index >= 15 is 0 Å². The van der Waals surface area contributed by atoms with E-state index in [2.05, 4.69) is 0 Å². The van der Waals surface area contributed by atoms with E-state index < -0.39 is 11.9 Å². The maximum atomic E-state index is 14.2. The predicted octanol–water partition coefficient (Wildman–Crippen LogP) is 5.22. The van der Waals surface area contributed by atoms with Gasteiger partial charge in [-0.15, -0.1) is 0 Å². The van der Waals surface area contributed by atoms with Gasteiger partial charge in [0.15, 0.2) is 0 Å². The van der Waals surface area contributed by atoms with Crippen molar-refractivity contribution in [1.29, 1.82) is 0 Å². The van der Waals surface area contributed by atoms with E-state index in [9.17, 15) is 14.0 Å². The highest BCUT2D eigenvalue weighted by atomic mass is 35.5. The molecule has 4 nitrogen and oxygen atoms in total. The summed E-state index contributed by atoms with van der Waals surface area (Å²) in [5.74, 6) is -1.54. The molecule has 29 heavy (non-hydrogen) atoms. The fraction of sp³-hybridized carbons (Fsp3) is 0.304. The average Bonchev–Trinajstić information content (AvgIpc) is 2.71. The number of carbonyl (C=O) groups excluding carboxylic acids is 2. The molecule has 6 heteroatoms. The van der Waals surface area contributed by atoms with Gasteiger partial charge in [0.2, 0.25) is 5.91 Å². The molecule has 0 spiro atoms. The van der Waals surface area contributed by atoms with Gasteiger partial charge in [0.05, 0.1) is 18.7 Å². The zero-order chi connectivity index (χ0) is 21.0. The Morgan fingerprint density at radius 2 is 1.86 bits per heavy atom. The highest BCUT2D eigenvalue weighted by Crippen LogP contribution is 2.41. The summed E-state index contributed by atoms with van der Waals surface area (Å²) in [6, 6.07) is 13.5. The summed E-state index contributed by atoms with van der Waals surface area (Å²) in [4.78, 5) is 27.5. The lowest BCUT2D eigenvalue weighted by atomic mass is 9.82. The summed E-state index contributed by atoms with van der Waals surface area (Å²) in [6.07, 6.45) is 0.491. The molecule has 0 aliphatic carbocycles. The minimum Gasteiger partial charge on any atom is -0.463 e. The smallest absolute Gasteiger partial charge is 0.336 e. The van der Waals surface area contributed by atoms with E-state index in [1.54, 1.807) is 37.3 Å². The van der Waals surface area contributed by atoms with Crippen LogP contribution in [-0.4, -0.2) is 23.4 Å². The molecule has 1 heterocycles. The van der Waals surface area contributed by atoms with E-state index in [4.69, 9.17) is 16.3 Å². The van der Waals surface area contributed by atoms with Crippen LogP contribution < -0.4 is 0 Å². The molecule has 1 aliphatic rings. The molecule has 0 saturated heterocycles. The number of halogens is 2. The topological polar surface area (TPSA) is 46.6 Å². The van der Waals surface area contributed by atoms with Crippen molar-refractivity contribution in [2.75, 3.05) is 6.61 Å². The highest BCUT2D eigenvalue weighted by molar-refractivity contribution is 6.31. The van der Waals surface area contributed by atoms with E-state index in [1.165, 1.54) is 11.0 Å². The second kappa shape index (κ2) is 9.23. The van der Waals surface area contributed by atoms with E-state index in [0.29, 0.717) is 33.8 Å². The van der Waals surface area contributed by atoms with Crippen LogP contribution in [-0.2, 0) is 20.9 Å². The molecule has 3 rings (SSSR count). The Balaban J connectivity index is 2.12.